The van der Waals surface area contributed by atoms with Gasteiger partial charge in [0.1, 0.15) is 5.82 Å². The van der Waals surface area contributed by atoms with E-state index < -0.39 is 17.6 Å². The lowest BCUT2D eigenvalue weighted by Gasteiger charge is -2.26. The Hall–Kier alpha value is -1.91. The fourth-order valence-electron chi connectivity index (χ4n) is 1.47. The van der Waals surface area contributed by atoms with Gasteiger partial charge in [-0.1, -0.05) is 6.07 Å². The van der Waals surface area contributed by atoms with Gasteiger partial charge < -0.3 is 10.2 Å². The molecule has 78 valence electrons. The Morgan fingerprint density at radius 2 is 2.13 bits per heavy atom. The van der Waals surface area contributed by atoms with Crippen LogP contribution in [-0.4, -0.2) is 24.9 Å². The van der Waals surface area contributed by atoms with Crippen LogP contribution in [0.5, 0.6) is 0 Å². The Labute approximate surface area is 85.7 Å². The minimum Gasteiger partial charge on any atom is -0.346 e. The number of nitrogens with one attached hydrogen (secondary N) is 1. The largest absolute Gasteiger partial charge is 0.346 e. The Morgan fingerprint density at radius 3 is 2.87 bits per heavy atom. The van der Waals surface area contributed by atoms with E-state index in [2.05, 4.69) is 5.32 Å². The third-order valence-corrected chi connectivity index (χ3v) is 2.18. The number of carbonyl (C=O) groups is 2. The van der Waals surface area contributed by atoms with E-state index >= 15 is 0 Å². The first-order valence-electron chi connectivity index (χ1n) is 4.54. The number of nitrogens with zero attached hydrogens (tertiary/aromatic N) is 1. The van der Waals surface area contributed by atoms with Crippen LogP contribution in [0.2, 0.25) is 0 Å². The molecule has 4 nitrogen and oxygen atoms in total. The molecular weight excluding hydrogens is 199 g/mol. The molecule has 1 aliphatic rings. The van der Waals surface area contributed by atoms with Crippen LogP contribution in [0.4, 0.5) is 10.1 Å². The van der Waals surface area contributed by atoms with E-state index in [1.54, 1.807) is 6.07 Å². The fraction of sp³-hybridized carbons (Fsp3) is 0.200. The number of rotatable bonds is 1. The molecule has 2 rings (SSSR count). The summed E-state index contributed by atoms with van der Waals surface area (Å²) >= 11 is 0. The second kappa shape index (κ2) is 3.68. The van der Waals surface area contributed by atoms with E-state index in [1.165, 1.54) is 23.1 Å². The minimum absolute atomic E-state index is 0.369. The Morgan fingerprint density at radius 1 is 1.33 bits per heavy atom. The summed E-state index contributed by atoms with van der Waals surface area (Å²) in [5.74, 6) is -1.72. The van der Waals surface area contributed by atoms with Gasteiger partial charge in [-0.3, -0.25) is 9.59 Å². The molecule has 1 fully saturated rings. The second-order valence-electron chi connectivity index (χ2n) is 3.19. The van der Waals surface area contributed by atoms with Gasteiger partial charge in [-0.15, -0.1) is 0 Å². The van der Waals surface area contributed by atoms with Gasteiger partial charge in [-0.05, 0) is 18.2 Å². The molecule has 0 aromatic heterocycles. The molecule has 1 aromatic carbocycles. The van der Waals surface area contributed by atoms with Crippen molar-refractivity contribution in [2.75, 3.05) is 18.0 Å². The number of piperazine rings is 1. The van der Waals surface area contributed by atoms with Gasteiger partial charge in [0.05, 0.1) is 0 Å². The van der Waals surface area contributed by atoms with Crippen LogP contribution in [-0.2, 0) is 9.59 Å². The highest BCUT2D eigenvalue weighted by molar-refractivity contribution is 6.41. The molecular formula is C10H9FN2O2. The van der Waals surface area contributed by atoms with Crippen molar-refractivity contribution < 1.29 is 14.0 Å². The average Bonchev–Trinajstić information content (AvgIpc) is 2.22. The number of amides is 2. The summed E-state index contributed by atoms with van der Waals surface area (Å²) < 4.78 is 12.9. The number of halogens is 1. The molecule has 0 radical (unpaired) electrons. The highest BCUT2D eigenvalue weighted by atomic mass is 19.1. The van der Waals surface area contributed by atoms with E-state index in [0.717, 1.165) is 0 Å². The lowest BCUT2D eigenvalue weighted by molar-refractivity contribution is -0.138. The van der Waals surface area contributed by atoms with Crippen molar-refractivity contribution in [3.63, 3.8) is 0 Å². The zero-order valence-corrected chi connectivity index (χ0v) is 7.87. The van der Waals surface area contributed by atoms with Gasteiger partial charge in [-0.25, -0.2) is 4.39 Å². The van der Waals surface area contributed by atoms with Gasteiger partial charge >= 0.3 is 11.8 Å². The highest BCUT2D eigenvalue weighted by Crippen LogP contribution is 2.16. The zero-order chi connectivity index (χ0) is 10.8. The normalized spacial score (nSPS) is 16.5. The third kappa shape index (κ3) is 1.81. The summed E-state index contributed by atoms with van der Waals surface area (Å²) in [4.78, 5) is 23.8. The highest BCUT2D eigenvalue weighted by Gasteiger charge is 2.27. The maximum absolute atomic E-state index is 12.9. The summed E-state index contributed by atoms with van der Waals surface area (Å²) in [6.07, 6.45) is 0. The quantitative estimate of drug-likeness (QED) is 0.674. The van der Waals surface area contributed by atoms with Crippen LogP contribution in [0.25, 0.3) is 0 Å². The molecule has 0 saturated carbocycles. The first kappa shape index (κ1) is 9.64. The van der Waals surface area contributed by atoms with E-state index in [1.807, 2.05) is 0 Å². The van der Waals surface area contributed by atoms with Crippen LogP contribution < -0.4 is 10.2 Å². The van der Waals surface area contributed by atoms with Crippen LogP contribution in [0.1, 0.15) is 0 Å². The standard InChI is InChI=1S/C10H9FN2O2/c11-7-2-1-3-8(6-7)13-5-4-12-9(14)10(13)15/h1-3,6H,4-5H2,(H,12,14). The van der Waals surface area contributed by atoms with E-state index in [0.29, 0.717) is 18.8 Å². The molecule has 0 atom stereocenters. The van der Waals surface area contributed by atoms with Crippen molar-refractivity contribution in [1.82, 2.24) is 5.32 Å². The van der Waals surface area contributed by atoms with Gasteiger partial charge in [0.15, 0.2) is 0 Å². The maximum atomic E-state index is 12.9. The fourth-order valence-corrected chi connectivity index (χ4v) is 1.47. The van der Waals surface area contributed by atoms with Crippen molar-refractivity contribution in [2.24, 2.45) is 0 Å². The van der Waals surface area contributed by atoms with Crippen molar-refractivity contribution in [3.8, 4) is 0 Å². The molecule has 1 heterocycles. The molecule has 0 unspecified atom stereocenters. The van der Waals surface area contributed by atoms with Crippen molar-refractivity contribution in [3.05, 3.63) is 30.1 Å². The third-order valence-electron chi connectivity index (χ3n) is 2.18. The molecule has 1 saturated heterocycles. The summed E-state index contributed by atoms with van der Waals surface area (Å²) in [6, 6.07) is 5.62. The van der Waals surface area contributed by atoms with Crippen molar-refractivity contribution in [2.45, 2.75) is 0 Å². The molecule has 1 aromatic rings. The lowest BCUT2D eigenvalue weighted by Crippen LogP contribution is -2.52. The first-order chi connectivity index (χ1) is 7.18. The first-order valence-corrected chi connectivity index (χ1v) is 4.54. The molecule has 2 amide bonds. The summed E-state index contributed by atoms with van der Waals surface area (Å²) in [5.41, 5.74) is 0.412. The Balaban J connectivity index is 2.30. The van der Waals surface area contributed by atoms with E-state index in [9.17, 15) is 14.0 Å². The van der Waals surface area contributed by atoms with Crippen LogP contribution in [0, 0.1) is 5.82 Å². The van der Waals surface area contributed by atoms with Gasteiger partial charge in [-0.2, -0.15) is 0 Å². The molecule has 1 aliphatic heterocycles. The number of anilines is 1. The maximum Gasteiger partial charge on any atom is 0.316 e. The summed E-state index contributed by atoms with van der Waals surface area (Å²) in [6.45, 7) is 0.759. The summed E-state index contributed by atoms with van der Waals surface area (Å²) in [7, 11) is 0. The molecule has 15 heavy (non-hydrogen) atoms. The van der Waals surface area contributed by atoms with Crippen LogP contribution in [0.15, 0.2) is 24.3 Å². The SMILES string of the molecule is O=C1NCCN(c2cccc(F)c2)C1=O. The number of carbonyl (C=O) groups excluding carboxylic acids is 2. The van der Waals surface area contributed by atoms with E-state index in [4.69, 9.17) is 0 Å². The molecule has 0 bridgehead atoms. The molecule has 5 heteroatoms. The van der Waals surface area contributed by atoms with Crippen LogP contribution in [0.3, 0.4) is 0 Å². The van der Waals surface area contributed by atoms with Crippen molar-refractivity contribution >= 4 is 17.5 Å². The predicted octanol–water partition coefficient (Wildman–Crippen LogP) is 0.288. The lowest BCUT2D eigenvalue weighted by atomic mass is 10.2. The summed E-state index contributed by atoms with van der Waals surface area (Å²) in [5, 5.41) is 2.42. The van der Waals surface area contributed by atoms with E-state index in [-0.39, 0.29) is 0 Å². The van der Waals surface area contributed by atoms with Crippen LogP contribution >= 0.6 is 0 Å². The van der Waals surface area contributed by atoms with Crippen molar-refractivity contribution in [1.29, 1.82) is 0 Å². The second-order valence-corrected chi connectivity index (χ2v) is 3.19. The topological polar surface area (TPSA) is 49.4 Å². The van der Waals surface area contributed by atoms with Gasteiger partial charge in [0.25, 0.3) is 0 Å². The molecule has 0 aliphatic carbocycles. The monoisotopic (exact) mass is 208 g/mol. The number of benzene rings is 1. The molecule has 0 spiro atoms. The number of hydrogen-bond acceptors (Lipinski definition) is 2. The smallest absolute Gasteiger partial charge is 0.316 e. The van der Waals surface area contributed by atoms with Gasteiger partial charge in [0.2, 0.25) is 0 Å². The molecule has 1 N–H and O–H groups in total. The predicted molar refractivity (Wildman–Crippen MR) is 51.8 cm³/mol. The Bertz CT molecular complexity index is 420. The number of hydrogen-bond donors (Lipinski definition) is 1. The zero-order valence-electron chi connectivity index (χ0n) is 7.87. The Kier molecular flexibility index (Phi) is 2.37. The minimum atomic E-state index is -0.648. The average molecular weight is 208 g/mol. The van der Waals surface area contributed by atoms with Gasteiger partial charge in [0, 0.05) is 18.8 Å².